The minimum absolute atomic E-state index is 0.0449. The number of nitrogens with zero attached hydrogens (tertiary/aromatic N) is 3. The molecule has 1 heterocycles. The van der Waals surface area contributed by atoms with E-state index in [1.807, 2.05) is 0 Å². The number of benzene rings is 1. The van der Waals surface area contributed by atoms with Crippen molar-refractivity contribution in [1.82, 2.24) is 9.78 Å². The van der Waals surface area contributed by atoms with Gasteiger partial charge in [0.05, 0.1) is 11.5 Å². The van der Waals surface area contributed by atoms with Crippen molar-refractivity contribution in [2.75, 3.05) is 11.9 Å². The molecule has 0 spiro atoms. The van der Waals surface area contributed by atoms with E-state index in [9.17, 15) is 32.5 Å². The molecule has 0 aliphatic heterocycles. The van der Waals surface area contributed by atoms with Gasteiger partial charge in [-0.2, -0.15) is 13.9 Å². The summed E-state index contributed by atoms with van der Waals surface area (Å²) in [5.74, 6) is -1.02. The highest BCUT2D eigenvalue weighted by Gasteiger charge is 2.31. The van der Waals surface area contributed by atoms with Crippen LogP contribution in [0.15, 0.2) is 18.2 Å². The van der Waals surface area contributed by atoms with Crippen molar-refractivity contribution in [3.8, 4) is 11.5 Å². The molecule has 2 aromatic rings. The van der Waals surface area contributed by atoms with Crippen molar-refractivity contribution < 1.29 is 36.8 Å². The number of anilines is 1. The molecule has 0 unspecified atom stereocenters. The van der Waals surface area contributed by atoms with E-state index in [2.05, 4.69) is 15.2 Å². The third kappa shape index (κ3) is 5.33. The maximum absolute atomic E-state index is 13.0. The Bertz CT molecular complexity index is 904. The fraction of sp³-hybridized carbons (Fsp3) is 0.375. The zero-order chi connectivity index (χ0) is 21.7. The minimum Gasteiger partial charge on any atom is -0.490 e. The Morgan fingerprint density at radius 3 is 2.52 bits per heavy atom. The van der Waals surface area contributed by atoms with E-state index in [4.69, 9.17) is 4.74 Å². The van der Waals surface area contributed by atoms with Crippen molar-refractivity contribution in [2.45, 2.75) is 33.4 Å². The quantitative estimate of drug-likeness (QED) is 0.377. The van der Waals surface area contributed by atoms with Gasteiger partial charge < -0.3 is 14.8 Å². The lowest BCUT2D eigenvalue weighted by atomic mass is 10.2. The number of rotatable bonds is 9. The molecule has 2 rings (SSSR count). The summed E-state index contributed by atoms with van der Waals surface area (Å²) in [6.07, 6.45) is -3.19. The molecule has 1 aromatic heterocycles. The first-order chi connectivity index (χ1) is 13.6. The first-order valence-corrected chi connectivity index (χ1v) is 8.15. The van der Waals surface area contributed by atoms with Crippen LogP contribution in [-0.2, 0) is 11.3 Å². The van der Waals surface area contributed by atoms with Crippen LogP contribution in [0, 0.1) is 17.0 Å². The van der Waals surface area contributed by atoms with E-state index in [0.717, 1.165) is 10.7 Å². The van der Waals surface area contributed by atoms with Crippen LogP contribution in [0.3, 0.4) is 0 Å². The monoisotopic (exact) mass is 420 g/mol. The number of carbonyl (C=O) groups excluding carboxylic acids is 1. The Balaban J connectivity index is 2.20. The van der Waals surface area contributed by atoms with Crippen LogP contribution in [0.5, 0.6) is 11.5 Å². The minimum atomic E-state index is -3.19. The number of halogens is 4. The summed E-state index contributed by atoms with van der Waals surface area (Å²) in [6.45, 7) is -0.709. The van der Waals surface area contributed by atoms with Crippen LogP contribution in [-0.4, -0.2) is 33.8 Å². The topological polar surface area (TPSA) is 109 Å². The smallest absolute Gasteiger partial charge is 0.387 e. The predicted molar refractivity (Wildman–Crippen MR) is 91.4 cm³/mol. The van der Waals surface area contributed by atoms with Gasteiger partial charge in [0.2, 0.25) is 11.6 Å². The number of amides is 1. The van der Waals surface area contributed by atoms with Gasteiger partial charge >= 0.3 is 12.3 Å². The summed E-state index contributed by atoms with van der Waals surface area (Å²) in [7, 11) is 0. The SMILES string of the molecule is CCOc1cc(NC(=O)Cn2nc(C(F)F)c([N+](=O)[O-])c2C)ccc1OC(F)F. The van der Waals surface area contributed by atoms with E-state index >= 15 is 0 Å². The molecule has 1 N–H and O–H groups in total. The standard InChI is InChI=1S/C16H16F4N4O5/c1-3-28-11-6-9(4-5-10(11)29-16(19)20)21-12(25)7-23-8(2)14(24(26)27)13(22-23)15(17)18/h4-6,15-16H,3,7H2,1-2H3,(H,21,25). The summed E-state index contributed by atoms with van der Waals surface area (Å²) >= 11 is 0. The van der Waals surface area contributed by atoms with Crippen LogP contribution >= 0.6 is 0 Å². The van der Waals surface area contributed by atoms with Gasteiger partial charge in [-0.3, -0.25) is 19.6 Å². The van der Waals surface area contributed by atoms with Crippen molar-refractivity contribution in [2.24, 2.45) is 0 Å². The third-order valence-corrected chi connectivity index (χ3v) is 3.63. The molecule has 0 saturated heterocycles. The molecule has 0 radical (unpaired) electrons. The summed E-state index contributed by atoms with van der Waals surface area (Å²) in [6, 6.07) is 3.66. The summed E-state index contributed by atoms with van der Waals surface area (Å²) in [5, 5.41) is 16.8. The van der Waals surface area contributed by atoms with Crippen molar-refractivity contribution in [3.63, 3.8) is 0 Å². The van der Waals surface area contributed by atoms with E-state index in [0.29, 0.717) is 0 Å². The largest absolute Gasteiger partial charge is 0.490 e. The highest BCUT2D eigenvalue weighted by molar-refractivity contribution is 5.91. The van der Waals surface area contributed by atoms with Gasteiger partial charge in [-0.1, -0.05) is 0 Å². The van der Waals surface area contributed by atoms with E-state index in [1.165, 1.54) is 19.1 Å². The lowest BCUT2D eigenvalue weighted by molar-refractivity contribution is -0.386. The molecular formula is C16H16F4N4O5. The van der Waals surface area contributed by atoms with Gasteiger partial charge in [0.15, 0.2) is 11.5 Å². The van der Waals surface area contributed by atoms with Crippen LogP contribution in [0.25, 0.3) is 0 Å². The normalized spacial score (nSPS) is 11.0. The number of nitro groups is 1. The number of nitrogens with one attached hydrogen (secondary N) is 1. The Morgan fingerprint density at radius 2 is 2.00 bits per heavy atom. The maximum atomic E-state index is 13.0. The molecule has 0 fully saturated rings. The lowest BCUT2D eigenvalue weighted by Gasteiger charge is -2.13. The van der Waals surface area contributed by atoms with Gasteiger partial charge in [0.25, 0.3) is 6.43 Å². The van der Waals surface area contributed by atoms with Gasteiger partial charge in [0, 0.05) is 11.8 Å². The lowest BCUT2D eigenvalue weighted by Crippen LogP contribution is -2.20. The number of hydrogen-bond donors (Lipinski definition) is 1. The second-order valence-electron chi connectivity index (χ2n) is 5.56. The predicted octanol–water partition coefficient (Wildman–Crippen LogP) is 3.68. The van der Waals surface area contributed by atoms with E-state index < -0.39 is 41.8 Å². The van der Waals surface area contributed by atoms with Crippen LogP contribution in [0.1, 0.15) is 24.7 Å². The first-order valence-electron chi connectivity index (χ1n) is 8.15. The van der Waals surface area contributed by atoms with Crippen LogP contribution in [0.2, 0.25) is 0 Å². The summed E-state index contributed by atoms with van der Waals surface area (Å²) in [5.41, 5.74) is -1.96. The molecule has 9 nitrogen and oxygen atoms in total. The van der Waals surface area contributed by atoms with Gasteiger partial charge in [-0.15, -0.1) is 0 Å². The molecule has 1 amide bonds. The van der Waals surface area contributed by atoms with Crippen LogP contribution in [0.4, 0.5) is 28.9 Å². The van der Waals surface area contributed by atoms with Gasteiger partial charge in [-0.25, -0.2) is 8.78 Å². The number of aromatic nitrogens is 2. The molecule has 0 bridgehead atoms. The molecule has 13 heteroatoms. The Hall–Kier alpha value is -3.38. The van der Waals surface area contributed by atoms with Crippen molar-refractivity contribution >= 4 is 17.3 Å². The third-order valence-electron chi connectivity index (χ3n) is 3.63. The maximum Gasteiger partial charge on any atom is 0.387 e. The Morgan fingerprint density at radius 1 is 1.31 bits per heavy atom. The number of alkyl halides is 4. The molecule has 158 valence electrons. The Labute approximate surface area is 161 Å². The number of hydrogen-bond acceptors (Lipinski definition) is 6. The molecule has 1 aromatic carbocycles. The summed E-state index contributed by atoms with van der Waals surface area (Å²) in [4.78, 5) is 22.2. The Kier molecular flexibility index (Phi) is 6.96. The molecule has 0 aliphatic rings. The number of ether oxygens (including phenoxy) is 2. The zero-order valence-corrected chi connectivity index (χ0v) is 15.2. The second kappa shape index (κ2) is 9.21. The second-order valence-corrected chi connectivity index (χ2v) is 5.56. The number of carbonyl (C=O) groups is 1. The van der Waals surface area contributed by atoms with Gasteiger partial charge in [-0.05, 0) is 26.0 Å². The molecular weight excluding hydrogens is 404 g/mol. The molecule has 0 aliphatic carbocycles. The fourth-order valence-electron chi connectivity index (χ4n) is 2.47. The highest BCUT2D eigenvalue weighted by atomic mass is 19.3. The molecule has 0 saturated carbocycles. The average Bonchev–Trinajstić information content (AvgIpc) is 2.94. The van der Waals surface area contributed by atoms with Crippen LogP contribution < -0.4 is 14.8 Å². The fourth-order valence-corrected chi connectivity index (χ4v) is 2.47. The van der Waals surface area contributed by atoms with E-state index in [1.54, 1.807) is 6.92 Å². The van der Waals surface area contributed by atoms with Gasteiger partial charge in [0.1, 0.15) is 12.2 Å². The van der Waals surface area contributed by atoms with Crippen molar-refractivity contribution in [3.05, 3.63) is 39.7 Å². The highest BCUT2D eigenvalue weighted by Crippen LogP contribution is 2.32. The molecule has 29 heavy (non-hydrogen) atoms. The average molecular weight is 420 g/mol. The zero-order valence-electron chi connectivity index (χ0n) is 15.2. The summed E-state index contributed by atoms with van der Waals surface area (Å²) < 4.78 is 61.0. The first kappa shape index (κ1) is 21.9. The van der Waals surface area contributed by atoms with Crippen molar-refractivity contribution in [1.29, 1.82) is 0 Å². The van der Waals surface area contributed by atoms with E-state index in [-0.39, 0.29) is 29.5 Å². The molecule has 0 atom stereocenters.